The average molecular weight is 299 g/mol. The Hall–Kier alpha value is -2.37. The van der Waals surface area contributed by atoms with Gasteiger partial charge in [0.05, 0.1) is 12.2 Å². The van der Waals surface area contributed by atoms with Crippen molar-refractivity contribution >= 4 is 11.8 Å². The van der Waals surface area contributed by atoms with Crippen molar-refractivity contribution in [2.24, 2.45) is 0 Å². The van der Waals surface area contributed by atoms with Crippen molar-refractivity contribution in [1.29, 1.82) is 0 Å². The number of aromatic nitrogens is 3. The Morgan fingerprint density at radius 1 is 1.23 bits per heavy atom. The molecule has 22 heavy (non-hydrogen) atoms. The molecule has 0 aliphatic heterocycles. The van der Waals surface area contributed by atoms with E-state index in [1.54, 1.807) is 12.4 Å². The van der Waals surface area contributed by atoms with Crippen molar-refractivity contribution in [3.8, 4) is 0 Å². The first kappa shape index (κ1) is 14.6. The molecule has 6 heteroatoms. The minimum atomic E-state index is -0.198. The van der Waals surface area contributed by atoms with Gasteiger partial charge in [0.1, 0.15) is 5.82 Å². The van der Waals surface area contributed by atoms with Crippen LogP contribution in [-0.4, -0.2) is 27.3 Å². The number of nitrogens with one attached hydrogen (secondary N) is 2. The summed E-state index contributed by atoms with van der Waals surface area (Å²) in [6.07, 6.45) is 8.96. The Morgan fingerprint density at radius 2 is 2.09 bits per heavy atom. The Kier molecular flexibility index (Phi) is 4.68. The van der Waals surface area contributed by atoms with Crippen LogP contribution < -0.4 is 10.6 Å². The molecule has 1 aliphatic carbocycles. The number of urea groups is 1. The molecule has 2 N–H and O–H groups in total. The van der Waals surface area contributed by atoms with Crippen LogP contribution in [0.5, 0.6) is 0 Å². The van der Waals surface area contributed by atoms with Crippen LogP contribution in [0, 0.1) is 0 Å². The summed E-state index contributed by atoms with van der Waals surface area (Å²) in [6, 6.07) is 7.84. The second-order valence-electron chi connectivity index (χ2n) is 5.55. The van der Waals surface area contributed by atoms with Gasteiger partial charge in [-0.25, -0.2) is 9.48 Å². The highest BCUT2D eigenvalue weighted by Gasteiger charge is 2.20. The van der Waals surface area contributed by atoms with E-state index in [0.29, 0.717) is 12.6 Å². The molecule has 1 fully saturated rings. The first-order chi connectivity index (χ1) is 10.8. The van der Waals surface area contributed by atoms with Crippen LogP contribution in [0.3, 0.4) is 0 Å². The standard InChI is InChI=1S/C16H21N5O/c22-16(18-11-8-13-5-3-4-10-17-13)20-15-9-12-19-21(15)14-6-1-2-7-14/h3-5,9-10,12,14H,1-2,6-8,11H2,(H2,18,20,22). The average Bonchev–Trinajstić information content (AvgIpc) is 3.19. The Labute approximate surface area is 129 Å². The SMILES string of the molecule is O=C(NCCc1ccccn1)Nc1ccnn1C1CCCC1. The molecular formula is C16H21N5O. The summed E-state index contributed by atoms with van der Waals surface area (Å²) in [5.41, 5.74) is 0.971. The second-order valence-corrected chi connectivity index (χ2v) is 5.55. The van der Waals surface area contributed by atoms with Crippen LogP contribution >= 0.6 is 0 Å². The molecule has 2 aromatic rings. The fraction of sp³-hybridized carbons (Fsp3) is 0.438. The number of amides is 2. The molecule has 0 atom stereocenters. The van der Waals surface area contributed by atoms with Crippen molar-refractivity contribution < 1.29 is 4.79 Å². The second kappa shape index (κ2) is 7.06. The molecule has 0 radical (unpaired) electrons. The predicted octanol–water partition coefficient (Wildman–Crippen LogP) is 2.76. The van der Waals surface area contributed by atoms with Gasteiger partial charge in [-0.3, -0.25) is 10.3 Å². The van der Waals surface area contributed by atoms with Crippen molar-refractivity contribution in [3.63, 3.8) is 0 Å². The number of hydrogen-bond donors (Lipinski definition) is 2. The topological polar surface area (TPSA) is 71.8 Å². The van der Waals surface area contributed by atoms with E-state index in [9.17, 15) is 4.79 Å². The molecule has 0 bridgehead atoms. The maximum absolute atomic E-state index is 12.0. The third-order valence-corrected chi connectivity index (χ3v) is 3.98. The minimum Gasteiger partial charge on any atom is -0.337 e. The van der Waals surface area contributed by atoms with Crippen molar-refractivity contribution in [2.75, 3.05) is 11.9 Å². The molecule has 3 rings (SSSR count). The van der Waals surface area contributed by atoms with Crippen LogP contribution in [0.4, 0.5) is 10.6 Å². The van der Waals surface area contributed by atoms with Gasteiger partial charge in [0.15, 0.2) is 0 Å². The number of nitrogens with zero attached hydrogens (tertiary/aromatic N) is 3. The van der Waals surface area contributed by atoms with Gasteiger partial charge in [-0.2, -0.15) is 5.10 Å². The summed E-state index contributed by atoms with van der Waals surface area (Å²) in [5, 5.41) is 10.1. The summed E-state index contributed by atoms with van der Waals surface area (Å²) in [7, 11) is 0. The summed E-state index contributed by atoms with van der Waals surface area (Å²) in [4.78, 5) is 16.2. The Morgan fingerprint density at radius 3 is 2.86 bits per heavy atom. The zero-order valence-electron chi connectivity index (χ0n) is 12.5. The lowest BCUT2D eigenvalue weighted by molar-refractivity contribution is 0.252. The Bertz CT molecular complexity index is 604. The van der Waals surface area contributed by atoms with E-state index in [0.717, 1.165) is 30.8 Å². The number of anilines is 1. The third-order valence-electron chi connectivity index (χ3n) is 3.98. The highest BCUT2D eigenvalue weighted by atomic mass is 16.2. The molecule has 0 saturated heterocycles. The first-order valence-corrected chi connectivity index (χ1v) is 7.81. The molecule has 116 valence electrons. The predicted molar refractivity (Wildman–Crippen MR) is 84.7 cm³/mol. The first-order valence-electron chi connectivity index (χ1n) is 7.81. The van der Waals surface area contributed by atoms with E-state index in [1.165, 1.54) is 12.8 Å². The molecule has 0 aromatic carbocycles. The fourth-order valence-electron chi connectivity index (χ4n) is 2.86. The lowest BCUT2D eigenvalue weighted by atomic mass is 10.2. The highest BCUT2D eigenvalue weighted by molar-refractivity contribution is 5.88. The van der Waals surface area contributed by atoms with Gasteiger partial charge in [0.2, 0.25) is 0 Å². The quantitative estimate of drug-likeness (QED) is 0.891. The number of pyridine rings is 1. The molecule has 0 unspecified atom stereocenters. The van der Waals surface area contributed by atoms with E-state index in [-0.39, 0.29) is 6.03 Å². The van der Waals surface area contributed by atoms with Crippen molar-refractivity contribution in [2.45, 2.75) is 38.1 Å². The smallest absolute Gasteiger partial charge is 0.320 e. The monoisotopic (exact) mass is 299 g/mol. The molecule has 6 nitrogen and oxygen atoms in total. The summed E-state index contributed by atoms with van der Waals surface area (Å²) in [5.74, 6) is 0.766. The van der Waals surface area contributed by atoms with Crippen molar-refractivity contribution in [1.82, 2.24) is 20.1 Å². The van der Waals surface area contributed by atoms with Gasteiger partial charge >= 0.3 is 6.03 Å². The number of carbonyl (C=O) groups excluding carboxylic acids is 1. The van der Waals surface area contributed by atoms with Gasteiger partial charge in [-0.15, -0.1) is 0 Å². The van der Waals surface area contributed by atoms with E-state index < -0.39 is 0 Å². The van der Waals surface area contributed by atoms with E-state index in [4.69, 9.17) is 0 Å². The van der Waals surface area contributed by atoms with Crippen LogP contribution in [-0.2, 0) is 6.42 Å². The van der Waals surface area contributed by atoms with Gasteiger partial charge in [0, 0.05) is 30.9 Å². The van der Waals surface area contributed by atoms with Crippen LogP contribution in [0.25, 0.3) is 0 Å². The summed E-state index contributed by atoms with van der Waals surface area (Å²) >= 11 is 0. The lowest BCUT2D eigenvalue weighted by Gasteiger charge is -2.15. The molecular weight excluding hydrogens is 278 g/mol. The van der Waals surface area contributed by atoms with Crippen LogP contribution in [0.1, 0.15) is 37.4 Å². The van der Waals surface area contributed by atoms with Gasteiger partial charge in [0.25, 0.3) is 0 Å². The molecule has 2 heterocycles. The normalized spacial score (nSPS) is 14.9. The molecule has 2 aromatic heterocycles. The maximum Gasteiger partial charge on any atom is 0.320 e. The van der Waals surface area contributed by atoms with Gasteiger partial charge in [-0.1, -0.05) is 18.9 Å². The lowest BCUT2D eigenvalue weighted by Crippen LogP contribution is -2.31. The molecule has 1 aliphatic rings. The zero-order chi connectivity index (χ0) is 15.2. The zero-order valence-corrected chi connectivity index (χ0v) is 12.5. The molecule has 0 spiro atoms. The summed E-state index contributed by atoms with van der Waals surface area (Å²) < 4.78 is 1.94. The highest BCUT2D eigenvalue weighted by Crippen LogP contribution is 2.31. The Balaban J connectivity index is 1.49. The van der Waals surface area contributed by atoms with E-state index in [2.05, 4.69) is 20.7 Å². The largest absolute Gasteiger partial charge is 0.337 e. The number of rotatable bonds is 5. The van der Waals surface area contributed by atoms with E-state index >= 15 is 0 Å². The van der Waals surface area contributed by atoms with Crippen LogP contribution in [0.2, 0.25) is 0 Å². The number of hydrogen-bond acceptors (Lipinski definition) is 3. The fourth-order valence-corrected chi connectivity index (χ4v) is 2.86. The maximum atomic E-state index is 12.0. The van der Waals surface area contributed by atoms with Gasteiger partial charge < -0.3 is 5.32 Å². The van der Waals surface area contributed by atoms with E-state index in [1.807, 2.05) is 28.9 Å². The third kappa shape index (κ3) is 3.63. The minimum absolute atomic E-state index is 0.198. The van der Waals surface area contributed by atoms with Gasteiger partial charge in [-0.05, 0) is 25.0 Å². The summed E-state index contributed by atoms with van der Waals surface area (Å²) in [6.45, 7) is 0.556. The number of carbonyl (C=O) groups is 1. The van der Waals surface area contributed by atoms with Crippen LogP contribution in [0.15, 0.2) is 36.7 Å². The molecule has 1 saturated carbocycles. The molecule has 2 amide bonds. The van der Waals surface area contributed by atoms with Crippen molar-refractivity contribution in [3.05, 3.63) is 42.4 Å².